The van der Waals surface area contributed by atoms with Crippen molar-refractivity contribution in [3.05, 3.63) is 23.9 Å². The van der Waals surface area contributed by atoms with Gasteiger partial charge in [-0.3, -0.25) is 0 Å². The number of nitrogens with two attached hydrogens (primary N) is 1. The van der Waals surface area contributed by atoms with Crippen LogP contribution >= 0.6 is 0 Å². The molecule has 0 aromatic carbocycles. The highest BCUT2D eigenvalue weighted by Gasteiger charge is 2.36. The highest BCUT2D eigenvalue weighted by molar-refractivity contribution is 5.39. The SMILES string of the molecule is CC1CCCCC1(O)Cc1cccnc1N. The van der Waals surface area contributed by atoms with Crippen LogP contribution in [0.25, 0.3) is 0 Å². The van der Waals surface area contributed by atoms with E-state index in [0.717, 1.165) is 24.8 Å². The molecule has 1 aliphatic carbocycles. The number of aromatic nitrogens is 1. The number of nitrogen functional groups attached to an aromatic ring is 1. The molecule has 1 fully saturated rings. The average Bonchev–Trinajstić information content (AvgIpc) is 2.26. The van der Waals surface area contributed by atoms with E-state index in [1.807, 2.05) is 12.1 Å². The number of rotatable bonds is 2. The molecule has 1 aromatic heterocycles. The molecule has 3 heteroatoms. The Balaban J connectivity index is 2.16. The Hall–Kier alpha value is -1.09. The summed E-state index contributed by atoms with van der Waals surface area (Å²) in [6, 6.07) is 3.84. The highest BCUT2D eigenvalue weighted by atomic mass is 16.3. The molecule has 3 nitrogen and oxygen atoms in total. The first kappa shape index (κ1) is 11.4. The largest absolute Gasteiger partial charge is 0.389 e. The number of nitrogens with zero attached hydrogens (tertiary/aromatic N) is 1. The van der Waals surface area contributed by atoms with Crippen LogP contribution in [0.4, 0.5) is 5.82 Å². The predicted octanol–water partition coefficient (Wildman–Crippen LogP) is 2.15. The number of hydrogen-bond acceptors (Lipinski definition) is 3. The van der Waals surface area contributed by atoms with Gasteiger partial charge in [0, 0.05) is 12.6 Å². The van der Waals surface area contributed by atoms with Gasteiger partial charge in [-0.15, -0.1) is 0 Å². The first-order chi connectivity index (χ1) is 7.62. The lowest BCUT2D eigenvalue weighted by Gasteiger charge is -2.38. The van der Waals surface area contributed by atoms with Crippen LogP contribution in [0, 0.1) is 5.92 Å². The van der Waals surface area contributed by atoms with Crippen molar-refractivity contribution in [2.75, 3.05) is 5.73 Å². The second-order valence-electron chi connectivity index (χ2n) is 4.97. The van der Waals surface area contributed by atoms with Crippen molar-refractivity contribution in [2.24, 2.45) is 5.92 Å². The fourth-order valence-corrected chi connectivity index (χ4v) is 2.59. The van der Waals surface area contributed by atoms with E-state index in [2.05, 4.69) is 11.9 Å². The third-order valence-electron chi connectivity index (χ3n) is 3.84. The van der Waals surface area contributed by atoms with Gasteiger partial charge in [-0.05, 0) is 30.4 Å². The zero-order chi connectivity index (χ0) is 11.6. The molecule has 2 atom stereocenters. The summed E-state index contributed by atoms with van der Waals surface area (Å²) in [6.07, 6.45) is 6.65. The second-order valence-corrected chi connectivity index (χ2v) is 4.97. The standard InChI is InChI=1S/C13H20N2O/c1-10-5-2-3-7-13(10,16)9-11-6-4-8-15-12(11)14/h4,6,8,10,16H,2-3,5,7,9H2,1H3,(H2,14,15). The number of aliphatic hydroxyl groups is 1. The minimum Gasteiger partial charge on any atom is -0.389 e. The minimum absolute atomic E-state index is 0.348. The molecule has 0 amide bonds. The van der Waals surface area contributed by atoms with E-state index < -0.39 is 5.60 Å². The van der Waals surface area contributed by atoms with Gasteiger partial charge in [0.2, 0.25) is 0 Å². The van der Waals surface area contributed by atoms with Crippen molar-refractivity contribution in [3.63, 3.8) is 0 Å². The van der Waals surface area contributed by atoms with Gasteiger partial charge in [0.25, 0.3) is 0 Å². The molecule has 1 aliphatic rings. The van der Waals surface area contributed by atoms with E-state index >= 15 is 0 Å². The Bertz CT molecular complexity index is 367. The quantitative estimate of drug-likeness (QED) is 0.803. The Morgan fingerprint density at radius 2 is 2.38 bits per heavy atom. The number of pyridine rings is 1. The van der Waals surface area contributed by atoms with Crippen LogP contribution in [0.5, 0.6) is 0 Å². The van der Waals surface area contributed by atoms with Gasteiger partial charge >= 0.3 is 0 Å². The van der Waals surface area contributed by atoms with Crippen LogP contribution in [0.2, 0.25) is 0 Å². The minimum atomic E-state index is -0.588. The first-order valence-electron chi connectivity index (χ1n) is 6.03. The molecule has 0 radical (unpaired) electrons. The van der Waals surface area contributed by atoms with Crippen molar-refractivity contribution in [2.45, 2.75) is 44.6 Å². The summed E-state index contributed by atoms with van der Waals surface area (Å²) in [4.78, 5) is 4.07. The van der Waals surface area contributed by atoms with Crippen molar-refractivity contribution < 1.29 is 5.11 Å². The summed E-state index contributed by atoms with van der Waals surface area (Å²) >= 11 is 0. The molecular formula is C13H20N2O. The molecule has 1 aromatic rings. The molecule has 1 heterocycles. The zero-order valence-corrected chi connectivity index (χ0v) is 9.82. The molecule has 2 rings (SSSR count). The average molecular weight is 220 g/mol. The predicted molar refractivity (Wildman–Crippen MR) is 64.9 cm³/mol. The maximum atomic E-state index is 10.6. The molecule has 0 aliphatic heterocycles. The Kier molecular flexibility index (Phi) is 3.15. The first-order valence-corrected chi connectivity index (χ1v) is 6.03. The summed E-state index contributed by atoms with van der Waals surface area (Å²) < 4.78 is 0. The van der Waals surface area contributed by atoms with Gasteiger partial charge in [0.05, 0.1) is 5.60 Å². The molecule has 1 saturated carbocycles. The molecule has 0 saturated heterocycles. The van der Waals surface area contributed by atoms with Crippen molar-refractivity contribution in [3.8, 4) is 0 Å². The van der Waals surface area contributed by atoms with Gasteiger partial charge in [0.1, 0.15) is 5.82 Å². The molecule has 16 heavy (non-hydrogen) atoms. The Labute approximate surface area is 96.7 Å². The fourth-order valence-electron chi connectivity index (χ4n) is 2.59. The summed E-state index contributed by atoms with van der Waals surface area (Å²) in [6.45, 7) is 2.13. The van der Waals surface area contributed by atoms with E-state index in [1.54, 1.807) is 6.20 Å². The lowest BCUT2D eigenvalue weighted by molar-refractivity contribution is -0.0404. The summed E-state index contributed by atoms with van der Waals surface area (Å²) in [7, 11) is 0. The smallest absolute Gasteiger partial charge is 0.126 e. The molecule has 0 spiro atoms. The summed E-state index contributed by atoms with van der Waals surface area (Å²) in [5.41, 5.74) is 6.20. The molecule has 88 valence electrons. The van der Waals surface area contributed by atoms with Crippen LogP contribution in [0.3, 0.4) is 0 Å². The van der Waals surface area contributed by atoms with E-state index in [4.69, 9.17) is 5.73 Å². The molecule has 0 bridgehead atoms. The number of anilines is 1. The van der Waals surface area contributed by atoms with Crippen molar-refractivity contribution >= 4 is 5.82 Å². The normalized spacial score (nSPS) is 30.2. The monoisotopic (exact) mass is 220 g/mol. The van der Waals surface area contributed by atoms with Crippen LogP contribution in [0.15, 0.2) is 18.3 Å². The lowest BCUT2D eigenvalue weighted by atomic mass is 9.73. The summed E-state index contributed by atoms with van der Waals surface area (Å²) in [5, 5.41) is 10.6. The van der Waals surface area contributed by atoms with Gasteiger partial charge in [0.15, 0.2) is 0 Å². The van der Waals surface area contributed by atoms with E-state index in [0.29, 0.717) is 18.2 Å². The molecular weight excluding hydrogens is 200 g/mol. The Morgan fingerprint density at radius 1 is 1.56 bits per heavy atom. The van der Waals surface area contributed by atoms with Crippen LogP contribution < -0.4 is 5.73 Å². The summed E-state index contributed by atoms with van der Waals surface area (Å²) in [5.74, 6) is 0.898. The van der Waals surface area contributed by atoms with E-state index in [-0.39, 0.29) is 0 Å². The third kappa shape index (κ3) is 2.19. The molecule has 2 unspecified atom stereocenters. The maximum Gasteiger partial charge on any atom is 0.126 e. The Morgan fingerprint density at radius 3 is 3.06 bits per heavy atom. The zero-order valence-electron chi connectivity index (χ0n) is 9.82. The number of hydrogen-bond donors (Lipinski definition) is 2. The second kappa shape index (κ2) is 4.42. The molecule has 3 N–H and O–H groups in total. The maximum absolute atomic E-state index is 10.6. The van der Waals surface area contributed by atoms with E-state index in [1.165, 1.54) is 6.42 Å². The van der Waals surface area contributed by atoms with Crippen LogP contribution in [0.1, 0.15) is 38.2 Å². The van der Waals surface area contributed by atoms with Gasteiger partial charge < -0.3 is 10.8 Å². The van der Waals surface area contributed by atoms with Crippen LogP contribution in [-0.4, -0.2) is 15.7 Å². The van der Waals surface area contributed by atoms with Crippen molar-refractivity contribution in [1.82, 2.24) is 4.98 Å². The van der Waals surface area contributed by atoms with Gasteiger partial charge in [-0.25, -0.2) is 4.98 Å². The third-order valence-corrected chi connectivity index (χ3v) is 3.84. The van der Waals surface area contributed by atoms with Crippen molar-refractivity contribution in [1.29, 1.82) is 0 Å². The van der Waals surface area contributed by atoms with Crippen LogP contribution in [-0.2, 0) is 6.42 Å². The lowest BCUT2D eigenvalue weighted by Crippen LogP contribution is -2.41. The topological polar surface area (TPSA) is 59.1 Å². The van der Waals surface area contributed by atoms with E-state index in [9.17, 15) is 5.11 Å². The fraction of sp³-hybridized carbons (Fsp3) is 0.615. The highest BCUT2D eigenvalue weighted by Crippen LogP contribution is 2.36. The van der Waals surface area contributed by atoms with Gasteiger partial charge in [-0.1, -0.05) is 25.8 Å². The van der Waals surface area contributed by atoms with Gasteiger partial charge in [-0.2, -0.15) is 0 Å².